The molecule has 1 unspecified atom stereocenters. The van der Waals surface area contributed by atoms with Gasteiger partial charge in [0.1, 0.15) is 5.82 Å². The van der Waals surface area contributed by atoms with E-state index in [4.69, 9.17) is 0 Å². The molecule has 0 saturated heterocycles. The van der Waals surface area contributed by atoms with Gasteiger partial charge in [0.2, 0.25) is 0 Å². The molecule has 2 aliphatic rings. The standard InChI is InChI=1S/C27H27F3/c1-2-4-18-7-9-19(10-8-18)21-12-13-22-15-23(26(29)17-24(22)16-21)14-11-20-5-3-6-25(28)27(20)30/h2-6,15,17-19,21H,7-10,12-13,16H2,1H3/b4-2+. The first-order chi connectivity index (χ1) is 14.5. The van der Waals surface area contributed by atoms with Gasteiger partial charge in [0.05, 0.1) is 11.1 Å². The van der Waals surface area contributed by atoms with Crippen LogP contribution in [0.1, 0.15) is 61.3 Å². The minimum atomic E-state index is -0.990. The fourth-order valence-corrected chi connectivity index (χ4v) is 5.12. The zero-order valence-electron chi connectivity index (χ0n) is 17.4. The Morgan fingerprint density at radius 1 is 0.833 bits per heavy atom. The van der Waals surface area contributed by atoms with Crippen molar-refractivity contribution in [3.8, 4) is 11.8 Å². The van der Waals surface area contributed by atoms with E-state index in [9.17, 15) is 13.2 Å². The molecule has 0 N–H and O–H groups in total. The lowest BCUT2D eigenvalue weighted by molar-refractivity contribution is 0.206. The Balaban J connectivity index is 1.48. The van der Waals surface area contributed by atoms with Crippen LogP contribution in [0.25, 0.3) is 0 Å². The average molecular weight is 409 g/mol. The van der Waals surface area contributed by atoms with E-state index in [2.05, 4.69) is 30.9 Å². The molecule has 0 bridgehead atoms. The van der Waals surface area contributed by atoms with E-state index < -0.39 is 11.6 Å². The van der Waals surface area contributed by atoms with E-state index in [1.54, 1.807) is 12.1 Å². The number of hydrogen-bond acceptors (Lipinski definition) is 0. The van der Waals surface area contributed by atoms with Crippen LogP contribution < -0.4 is 0 Å². The highest BCUT2D eigenvalue weighted by Crippen LogP contribution is 2.40. The molecule has 4 rings (SSSR count). The third kappa shape index (κ3) is 4.48. The summed E-state index contributed by atoms with van der Waals surface area (Å²) < 4.78 is 41.8. The van der Waals surface area contributed by atoms with Crippen molar-refractivity contribution in [2.24, 2.45) is 17.8 Å². The second kappa shape index (κ2) is 9.13. The van der Waals surface area contributed by atoms with E-state index >= 15 is 0 Å². The van der Waals surface area contributed by atoms with Crippen LogP contribution in [0.2, 0.25) is 0 Å². The van der Waals surface area contributed by atoms with E-state index in [0.717, 1.165) is 48.3 Å². The van der Waals surface area contributed by atoms with Crippen LogP contribution in [0.15, 0.2) is 42.5 Å². The first-order valence-electron chi connectivity index (χ1n) is 10.9. The summed E-state index contributed by atoms with van der Waals surface area (Å²) in [5.74, 6) is 5.05. The molecule has 0 aliphatic heterocycles. The number of allylic oxidation sites excluding steroid dienone is 2. The second-order valence-corrected chi connectivity index (χ2v) is 8.66. The average Bonchev–Trinajstić information content (AvgIpc) is 2.75. The van der Waals surface area contributed by atoms with Crippen LogP contribution in [0, 0.1) is 47.0 Å². The molecule has 0 aromatic heterocycles. The maximum atomic E-state index is 14.7. The largest absolute Gasteiger partial charge is 0.206 e. The van der Waals surface area contributed by atoms with Gasteiger partial charge in [-0.1, -0.05) is 30.1 Å². The Kier molecular flexibility index (Phi) is 6.32. The highest BCUT2D eigenvalue weighted by Gasteiger charge is 2.30. The number of fused-ring (bicyclic) bond motifs is 1. The summed E-state index contributed by atoms with van der Waals surface area (Å²) in [6, 6.07) is 7.26. The van der Waals surface area contributed by atoms with Gasteiger partial charge < -0.3 is 0 Å². The molecule has 1 atom stereocenters. The summed E-state index contributed by atoms with van der Waals surface area (Å²) in [4.78, 5) is 0. The maximum absolute atomic E-state index is 14.7. The lowest BCUT2D eigenvalue weighted by Gasteiger charge is -2.36. The van der Waals surface area contributed by atoms with Crippen molar-refractivity contribution in [1.82, 2.24) is 0 Å². The van der Waals surface area contributed by atoms with Crippen molar-refractivity contribution in [2.45, 2.75) is 51.9 Å². The van der Waals surface area contributed by atoms with Crippen molar-refractivity contribution in [2.75, 3.05) is 0 Å². The fraction of sp³-hybridized carbons (Fsp3) is 0.407. The number of rotatable bonds is 2. The molecule has 30 heavy (non-hydrogen) atoms. The van der Waals surface area contributed by atoms with Crippen molar-refractivity contribution in [3.05, 3.63) is 82.2 Å². The fourth-order valence-electron chi connectivity index (χ4n) is 5.12. The number of benzene rings is 2. The lowest BCUT2D eigenvalue weighted by atomic mass is 9.69. The minimum Gasteiger partial charge on any atom is -0.206 e. The van der Waals surface area contributed by atoms with Crippen LogP contribution in [-0.2, 0) is 12.8 Å². The van der Waals surface area contributed by atoms with Crippen LogP contribution in [0.5, 0.6) is 0 Å². The van der Waals surface area contributed by atoms with Crippen LogP contribution >= 0.6 is 0 Å². The van der Waals surface area contributed by atoms with Crippen molar-refractivity contribution in [3.63, 3.8) is 0 Å². The first-order valence-corrected chi connectivity index (χ1v) is 10.9. The molecule has 2 aromatic rings. The Morgan fingerprint density at radius 3 is 2.37 bits per heavy atom. The van der Waals surface area contributed by atoms with E-state index in [1.165, 1.54) is 37.8 Å². The third-order valence-corrected chi connectivity index (χ3v) is 6.79. The highest BCUT2D eigenvalue weighted by atomic mass is 19.2. The summed E-state index contributed by atoms with van der Waals surface area (Å²) in [6.07, 6.45) is 12.5. The summed E-state index contributed by atoms with van der Waals surface area (Å²) in [5.41, 5.74) is 2.42. The third-order valence-electron chi connectivity index (χ3n) is 6.79. The van der Waals surface area contributed by atoms with Gasteiger partial charge in [-0.05, 0) is 105 Å². The monoisotopic (exact) mass is 408 g/mol. The molecular formula is C27H27F3. The Morgan fingerprint density at radius 2 is 1.60 bits per heavy atom. The molecule has 0 amide bonds. The maximum Gasteiger partial charge on any atom is 0.174 e. The Hall–Kier alpha value is -2.47. The molecule has 2 aliphatic carbocycles. The molecule has 1 saturated carbocycles. The molecule has 2 aromatic carbocycles. The normalized spacial score (nSPS) is 23.7. The van der Waals surface area contributed by atoms with Gasteiger partial charge in [-0.3, -0.25) is 0 Å². The quantitative estimate of drug-likeness (QED) is 0.371. The van der Waals surface area contributed by atoms with Gasteiger partial charge in [-0.25, -0.2) is 13.2 Å². The molecule has 0 radical (unpaired) electrons. The van der Waals surface area contributed by atoms with Crippen molar-refractivity contribution < 1.29 is 13.2 Å². The van der Waals surface area contributed by atoms with Crippen LogP contribution in [-0.4, -0.2) is 0 Å². The number of hydrogen-bond donors (Lipinski definition) is 0. The van der Waals surface area contributed by atoms with E-state index in [-0.39, 0.29) is 16.9 Å². The van der Waals surface area contributed by atoms with E-state index in [0.29, 0.717) is 5.92 Å². The Labute approximate surface area is 177 Å². The van der Waals surface area contributed by atoms with Gasteiger partial charge in [0.15, 0.2) is 11.6 Å². The number of aryl methyl sites for hydroxylation is 1. The Bertz CT molecular complexity index is 1000. The van der Waals surface area contributed by atoms with Gasteiger partial charge in [-0.15, -0.1) is 0 Å². The highest BCUT2D eigenvalue weighted by molar-refractivity contribution is 5.47. The topological polar surface area (TPSA) is 0 Å². The molecule has 1 fully saturated rings. The van der Waals surface area contributed by atoms with Crippen molar-refractivity contribution in [1.29, 1.82) is 0 Å². The van der Waals surface area contributed by atoms with Crippen molar-refractivity contribution >= 4 is 0 Å². The molecule has 156 valence electrons. The van der Waals surface area contributed by atoms with Crippen LogP contribution in [0.4, 0.5) is 13.2 Å². The van der Waals surface area contributed by atoms with Gasteiger partial charge >= 0.3 is 0 Å². The SMILES string of the molecule is C/C=C/C1CCC(C2CCc3cc(C#Cc4cccc(F)c4F)c(F)cc3C2)CC1. The van der Waals surface area contributed by atoms with Gasteiger partial charge in [0.25, 0.3) is 0 Å². The first kappa shape index (κ1) is 20.8. The zero-order valence-corrected chi connectivity index (χ0v) is 17.4. The molecule has 0 spiro atoms. The summed E-state index contributed by atoms with van der Waals surface area (Å²) >= 11 is 0. The zero-order chi connectivity index (χ0) is 21.1. The van der Waals surface area contributed by atoms with Gasteiger partial charge in [-0.2, -0.15) is 0 Å². The summed E-state index contributed by atoms with van der Waals surface area (Å²) in [7, 11) is 0. The molecule has 3 heteroatoms. The molecular weight excluding hydrogens is 381 g/mol. The molecule has 0 heterocycles. The summed E-state index contributed by atoms with van der Waals surface area (Å²) in [6.45, 7) is 2.09. The summed E-state index contributed by atoms with van der Waals surface area (Å²) in [5, 5.41) is 0. The van der Waals surface area contributed by atoms with Crippen LogP contribution in [0.3, 0.4) is 0 Å². The van der Waals surface area contributed by atoms with Gasteiger partial charge in [0, 0.05) is 0 Å². The molecule has 0 nitrogen and oxygen atoms in total. The second-order valence-electron chi connectivity index (χ2n) is 8.66. The lowest BCUT2D eigenvalue weighted by Crippen LogP contribution is -2.26. The number of halogens is 3. The predicted octanol–water partition coefficient (Wildman–Crippen LogP) is 6.99. The predicted molar refractivity (Wildman–Crippen MR) is 115 cm³/mol. The minimum absolute atomic E-state index is 0.0549. The van der Waals surface area contributed by atoms with E-state index in [1.807, 2.05) is 0 Å². The smallest absolute Gasteiger partial charge is 0.174 e.